The number of fused-ring (bicyclic) bond motifs is 10. The van der Waals surface area contributed by atoms with Crippen LogP contribution in [0.5, 0.6) is 0 Å². The van der Waals surface area contributed by atoms with Gasteiger partial charge in [-0.15, -0.1) is 0 Å². The Morgan fingerprint density at radius 1 is 0.202 bits per heavy atom. The third kappa shape index (κ3) is 9.15. The first-order valence-electron chi connectivity index (χ1n) is 30.5. The molecule has 0 atom stereocenters. The number of anilines is 6. The number of rotatable bonds is 11. The number of hydrogen-bond donors (Lipinski definition) is 0. The van der Waals surface area contributed by atoms with Crippen LogP contribution in [-0.4, -0.2) is 0 Å². The Morgan fingerprint density at radius 2 is 0.629 bits per heavy atom. The smallest absolute Gasteiger partial charge is 0.143 e. The molecule has 0 N–H and O–H groups in total. The average molecular weight is 1130 g/mol. The Labute approximate surface area is 516 Å². The lowest BCUT2D eigenvalue weighted by Gasteiger charge is -2.31. The molecule has 0 bridgehead atoms. The van der Waals surface area contributed by atoms with Gasteiger partial charge in [0.15, 0.2) is 0 Å². The van der Waals surface area contributed by atoms with E-state index in [0.717, 1.165) is 106 Å². The molecule has 0 aliphatic heterocycles. The van der Waals surface area contributed by atoms with Gasteiger partial charge in [0.1, 0.15) is 11.2 Å². The van der Waals surface area contributed by atoms with Crippen molar-refractivity contribution < 1.29 is 4.42 Å². The van der Waals surface area contributed by atoms with Gasteiger partial charge in [0, 0.05) is 50.0 Å². The van der Waals surface area contributed by atoms with Crippen molar-refractivity contribution in [3.05, 3.63) is 340 Å². The highest BCUT2D eigenvalue weighted by molar-refractivity contribution is 6.19. The molecule has 17 rings (SSSR count). The summed E-state index contributed by atoms with van der Waals surface area (Å²) in [4.78, 5) is 4.88. The molecule has 416 valence electrons. The quantitative estimate of drug-likeness (QED) is 0.120. The van der Waals surface area contributed by atoms with Crippen LogP contribution < -0.4 is 9.80 Å². The zero-order chi connectivity index (χ0) is 58.8. The summed E-state index contributed by atoms with van der Waals surface area (Å²) in [5.74, 6) is 0. The fourth-order valence-electron chi connectivity index (χ4n) is 13.7. The van der Waals surface area contributed by atoms with Crippen LogP contribution >= 0.6 is 0 Å². The van der Waals surface area contributed by atoms with Crippen LogP contribution in [0.1, 0.15) is 0 Å². The van der Waals surface area contributed by atoms with Gasteiger partial charge in [0.2, 0.25) is 0 Å². The van der Waals surface area contributed by atoms with Gasteiger partial charge >= 0.3 is 0 Å². The maximum atomic E-state index is 6.69. The topological polar surface area (TPSA) is 19.6 Å². The minimum absolute atomic E-state index is 0.877. The first-order valence-corrected chi connectivity index (χ1v) is 30.5. The van der Waals surface area contributed by atoms with E-state index >= 15 is 0 Å². The predicted molar refractivity (Wildman–Crippen MR) is 378 cm³/mol. The molecule has 17 aromatic rings. The molecule has 89 heavy (non-hydrogen) atoms. The van der Waals surface area contributed by atoms with E-state index in [1.54, 1.807) is 0 Å². The summed E-state index contributed by atoms with van der Waals surface area (Å²) in [6, 6.07) is 124. The van der Waals surface area contributed by atoms with E-state index in [4.69, 9.17) is 4.42 Å². The Hall–Kier alpha value is -11.8. The molecule has 0 radical (unpaired) electrons. The van der Waals surface area contributed by atoms with E-state index in [1.165, 1.54) is 59.8 Å². The van der Waals surface area contributed by atoms with Gasteiger partial charge in [-0.1, -0.05) is 261 Å². The number of furan rings is 1. The molecule has 0 unspecified atom stereocenters. The van der Waals surface area contributed by atoms with Gasteiger partial charge in [-0.05, 0) is 172 Å². The van der Waals surface area contributed by atoms with Crippen molar-refractivity contribution in [1.82, 2.24) is 0 Å². The first kappa shape index (κ1) is 51.6. The van der Waals surface area contributed by atoms with Gasteiger partial charge in [-0.3, -0.25) is 0 Å². The predicted octanol–water partition coefficient (Wildman–Crippen LogP) is 24.6. The summed E-state index contributed by atoms with van der Waals surface area (Å²) in [5, 5.41) is 14.3. The highest BCUT2D eigenvalue weighted by atomic mass is 16.3. The van der Waals surface area contributed by atoms with E-state index < -0.39 is 0 Å². The summed E-state index contributed by atoms with van der Waals surface area (Å²) >= 11 is 0. The van der Waals surface area contributed by atoms with Crippen LogP contribution in [0.2, 0.25) is 0 Å². The summed E-state index contributed by atoms with van der Waals surface area (Å²) < 4.78 is 6.69. The first-order chi connectivity index (χ1) is 44.1. The van der Waals surface area contributed by atoms with E-state index in [0.29, 0.717) is 0 Å². The molecule has 0 saturated carbocycles. The number of nitrogens with zero attached hydrogens (tertiary/aromatic N) is 2. The second-order valence-corrected chi connectivity index (χ2v) is 23.2. The van der Waals surface area contributed by atoms with Crippen molar-refractivity contribution in [2.45, 2.75) is 0 Å². The molecule has 0 saturated heterocycles. The monoisotopic (exact) mass is 1130 g/mol. The lowest BCUT2D eigenvalue weighted by atomic mass is 9.95. The van der Waals surface area contributed by atoms with Gasteiger partial charge < -0.3 is 14.2 Å². The normalized spacial score (nSPS) is 11.6. The Morgan fingerprint density at radius 3 is 1.37 bits per heavy atom. The second kappa shape index (κ2) is 21.6. The summed E-state index contributed by atoms with van der Waals surface area (Å²) in [6.07, 6.45) is 0. The lowest BCUT2D eigenvalue weighted by molar-refractivity contribution is 0.673. The number of para-hydroxylation sites is 2. The minimum Gasteiger partial charge on any atom is -0.455 e. The maximum absolute atomic E-state index is 6.69. The van der Waals surface area contributed by atoms with Crippen molar-refractivity contribution in [3.8, 4) is 55.6 Å². The fraction of sp³-hybridized carbons (Fsp3) is 0. The number of benzene rings is 16. The molecule has 16 aromatic carbocycles. The van der Waals surface area contributed by atoms with E-state index in [2.05, 4.69) is 350 Å². The molecule has 3 heteroatoms. The standard InChI is InChI=1S/C86H56N2O/c1-2-20-65-54-67(40-36-57(65)16-1)66-22-13-23-71(55-66)88(72-51-53-76-68(56-72)41-39-61-18-4-7-25-74(61)76)83-32-12-10-28-80(83)79-27-9-11-31-82(79)87(69-47-42-59(43-48-69)58-34-37-63(38-35-58)75-29-14-21-60-17-3-6-24-73(60)75)70-49-44-64(45-50-70)77-30-15-33-84-85(77)81-52-46-62-19-5-8-26-78(62)86(81)89-84/h1-56H. The molecule has 1 heterocycles. The van der Waals surface area contributed by atoms with Crippen LogP contribution in [0.4, 0.5) is 34.1 Å². The van der Waals surface area contributed by atoms with Gasteiger partial charge in [-0.2, -0.15) is 0 Å². The zero-order valence-corrected chi connectivity index (χ0v) is 48.6. The van der Waals surface area contributed by atoms with Crippen molar-refractivity contribution >= 4 is 110 Å². The van der Waals surface area contributed by atoms with E-state index in [1.807, 2.05) is 0 Å². The summed E-state index contributed by atoms with van der Waals surface area (Å²) in [5.41, 5.74) is 19.6. The van der Waals surface area contributed by atoms with Crippen LogP contribution in [0.3, 0.4) is 0 Å². The Kier molecular flexibility index (Phi) is 12.5. The lowest BCUT2D eigenvalue weighted by Crippen LogP contribution is -2.13. The third-order valence-corrected chi connectivity index (χ3v) is 18.0. The molecule has 0 aliphatic rings. The second-order valence-electron chi connectivity index (χ2n) is 23.2. The molecule has 1 aromatic heterocycles. The molecule has 0 amide bonds. The van der Waals surface area contributed by atoms with Gasteiger partial charge in [0.25, 0.3) is 0 Å². The Bertz CT molecular complexity index is 5560. The summed E-state index contributed by atoms with van der Waals surface area (Å²) in [6.45, 7) is 0. The Balaban J connectivity index is 0.814. The van der Waals surface area contributed by atoms with Crippen LogP contribution in [-0.2, 0) is 0 Å². The van der Waals surface area contributed by atoms with E-state index in [-0.39, 0.29) is 0 Å². The van der Waals surface area contributed by atoms with Gasteiger partial charge in [-0.25, -0.2) is 0 Å². The minimum atomic E-state index is 0.877. The van der Waals surface area contributed by atoms with Crippen molar-refractivity contribution in [1.29, 1.82) is 0 Å². The van der Waals surface area contributed by atoms with Crippen LogP contribution in [0, 0.1) is 0 Å². The van der Waals surface area contributed by atoms with Crippen LogP contribution in [0.25, 0.3) is 131 Å². The zero-order valence-electron chi connectivity index (χ0n) is 48.6. The fourth-order valence-corrected chi connectivity index (χ4v) is 13.7. The average Bonchev–Trinajstić information content (AvgIpc) is 2.24. The molecule has 0 aliphatic carbocycles. The van der Waals surface area contributed by atoms with Crippen molar-refractivity contribution in [2.24, 2.45) is 0 Å². The summed E-state index contributed by atoms with van der Waals surface area (Å²) in [7, 11) is 0. The molecule has 0 fully saturated rings. The number of hydrogen-bond acceptors (Lipinski definition) is 3. The molecular weight excluding hydrogens is 1080 g/mol. The molecular formula is C86H56N2O. The largest absolute Gasteiger partial charge is 0.455 e. The SMILES string of the molecule is c1cc(-c2ccc3ccccc3c2)cc(N(c2ccc3c(ccc4ccccc43)c2)c2ccccc2-c2ccccc2N(c2ccc(-c3ccc(-c4cccc5ccccc45)cc3)cc2)c2ccc(-c3cccc4oc5c6ccccc6ccc5c34)cc2)c1. The molecule has 3 nitrogen and oxygen atoms in total. The van der Waals surface area contributed by atoms with Gasteiger partial charge in [0.05, 0.1) is 11.4 Å². The maximum Gasteiger partial charge on any atom is 0.143 e. The van der Waals surface area contributed by atoms with Crippen molar-refractivity contribution in [3.63, 3.8) is 0 Å². The van der Waals surface area contributed by atoms with Crippen LogP contribution in [0.15, 0.2) is 344 Å². The highest BCUT2D eigenvalue weighted by Crippen LogP contribution is 2.49. The third-order valence-electron chi connectivity index (χ3n) is 18.0. The highest BCUT2D eigenvalue weighted by Gasteiger charge is 2.24. The van der Waals surface area contributed by atoms with Crippen molar-refractivity contribution in [2.75, 3.05) is 9.80 Å². The molecule has 0 spiro atoms. The van der Waals surface area contributed by atoms with E-state index in [9.17, 15) is 0 Å².